The summed E-state index contributed by atoms with van der Waals surface area (Å²) < 4.78 is 30.1. The van der Waals surface area contributed by atoms with Gasteiger partial charge in [-0.3, -0.25) is 4.98 Å². The average molecular weight is 434 g/mol. The molecule has 0 saturated carbocycles. The molecule has 0 atom stereocenters. The quantitative estimate of drug-likeness (QED) is 0.454. The zero-order valence-electron chi connectivity index (χ0n) is 17.4. The van der Waals surface area contributed by atoms with Crippen LogP contribution in [0.5, 0.6) is 11.6 Å². The highest BCUT2D eigenvalue weighted by atomic mass is 19.1. The number of methoxy groups -OCH3 is 2. The monoisotopic (exact) mass is 434 g/mol. The van der Waals surface area contributed by atoms with Crippen molar-refractivity contribution in [3.05, 3.63) is 59.7 Å². The molecule has 32 heavy (non-hydrogen) atoms. The van der Waals surface area contributed by atoms with Gasteiger partial charge in [-0.05, 0) is 24.3 Å². The summed E-state index contributed by atoms with van der Waals surface area (Å²) in [7, 11) is 2.93. The number of hydrogen-bond donors (Lipinski definition) is 2. The molecule has 9 heteroatoms. The van der Waals surface area contributed by atoms with Crippen molar-refractivity contribution in [1.29, 1.82) is 0 Å². The molecule has 3 aromatic heterocycles. The van der Waals surface area contributed by atoms with E-state index in [4.69, 9.17) is 14.2 Å². The lowest BCUT2D eigenvalue weighted by molar-refractivity contribution is 0.0480. The fourth-order valence-electron chi connectivity index (χ4n) is 3.88. The van der Waals surface area contributed by atoms with E-state index >= 15 is 0 Å². The van der Waals surface area contributed by atoms with Crippen LogP contribution in [0.15, 0.2) is 42.6 Å². The maximum Gasteiger partial charge on any atom is 0.342 e. The summed E-state index contributed by atoms with van der Waals surface area (Å²) in [5, 5.41) is 3.19. The van der Waals surface area contributed by atoms with Gasteiger partial charge < -0.3 is 24.5 Å². The molecule has 0 bridgehead atoms. The van der Waals surface area contributed by atoms with E-state index in [-0.39, 0.29) is 12.4 Å². The van der Waals surface area contributed by atoms with Gasteiger partial charge in [0.05, 0.1) is 43.4 Å². The lowest BCUT2D eigenvalue weighted by Gasteiger charge is -2.16. The van der Waals surface area contributed by atoms with Crippen LogP contribution in [0.25, 0.3) is 22.3 Å². The highest BCUT2D eigenvalue weighted by molar-refractivity contribution is 6.06. The fraction of sp³-hybridized carbons (Fsp3) is 0.174. The standard InChI is InChI=1S/C23H19FN4O4/c1-30-17-7-6-15-19(28-17)12(8-10-25-15)20-21(18-14(26-20)9-11-32-23(18)29)27-16-5-3-4-13(24)22(16)31-2/h3-8,10,26-27H,9,11H2,1-2H3. The lowest BCUT2D eigenvalue weighted by Crippen LogP contribution is -2.17. The van der Waals surface area contributed by atoms with Crippen molar-refractivity contribution in [3.8, 4) is 22.9 Å². The number of ether oxygens (including phenoxy) is 3. The molecule has 0 radical (unpaired) electrons. The normalized spacial score (nSPS) is 12.9. The van der Waals surface area contributed by atoms with E-state index in [1.54, 1.807) is 30.5 Å². The van der Waals surface area contributed by atoms with Gasteiger partial charge in [-0.15, -0.1) is 0 Å². The summed E-state index contributed by atoms with van der Waals surface area (Å²) in [6.07, 6.45) is 2.19. The number of aromatic nitrogens is 3. The number of nitrogens with zero attached hydrogens (tertiary/aromatic N) is 2. The number of carbonyl (C=O) groups is 1. The third kappa shape index (κ3) is 3.18. The Morgan fingerprint density at radius 3 is 2.84 bits per heavy atom. The molecule has 1 aliphatic heterocycles. The number of nitrogens with one attached hydrogen (secondary N) is 2. The van der Waals surface area contributed by atoms with Crippen molar-refractivity contribution in [2.45, 2.75) is 6.42 Å². The number of carbonyl (C=O) groups excluding carboxylic acids is 1. The Morgan fingerprint density at radius 2 is 2.03 bits per heavy atom. The van der Waals surface area contributed by atoms with E-state index in [2.05, 4.69) is 20.3 Å². The maximum atomic E-state index is 14.3. The number of hydrogen-bond acceptors (Lipinski definition) is 7. The number of para-hydroxylation sites is 1. The Labute approximate surface area is 182 Å². The summed E-state index contributed by atoms with van der Waals surface area (Å²) in [4.78, 5) is 25.0. The molecule has 0 amide bonds. The second-order valence-corrected chi connectivity index (χ2v) is 7.14. The minimum atomic E-state index is -0.521. The van der Waals surface area contributed by atoms with Crippen LogP contribution < -0.4 is 14.8 Å². The van der Waals surface area contributed by atoms with Gasteiger partial charge in [-0.25, -0.2) is 14.2 Å². The van der Waals surface area contributed by atoms with Gasteiger partial charge in [0.25, 0.3) is 0 Å². The molecule has 8 nitrogen and oxygen atoms in total. The van der Waals surface area contributed by atoms with Crippen LogP contribution in [0.2, 0.25) is 0 Å². The van der Waals surface area contributed by atoms with Gasteiger partial charge in [0.15, 0.2) is 11.6 Å². The zero-order valence-corrected chi connectivity index (χ0v) is 17.4. The van der Waals surface area contributed by atoms with Crippen molar-refractivity contribution in [2.24, 2.45) is 0 Å². The van der Waals surface area contributed by atoms with Crippen molar-refractivity contribution in [3.63, 3.8) is 0 Å². The Hall–Kier alpha value is -4.14. The number of anilines is 2. The second-order valence-electron chi connectivity index (χ2n) is 7.14. The first-order valence-electron chi connectivity index (χ1n) is 9.92. The number of rotatable bonds is 5. The summed E-state index contributed by atoms with van der Waals surface area (Å²) in [6.45, 7) is 0.275. The van der Waals surface area contributed by atoms with E-state index in [9.17, 15) is 9.18 Å². The van der Waals surface area contributed by atoms with Crippen LogP contribution in [0.3, 0.4) is 0 Å². The topological polar surface area (TPSA) is 98.4 Å². The summed E-state index contributed by atoms with van der Waals surface area (Å²) >= 11 is 0. The van der Waals surface area contributed by atoms with E-state index < -0.39 is 11.8 Å². The Kier molecular flexibility index (Phi) is 4.85. The Balaban J connectivity index is 1.76. The van der Waals surface area contributed by atoms with Crippen LogP contribution >= 0.6 is 0 Å². The average Bonchev–Trinajstić information content (AvgIpc) is 3.17. The van der Waals surface area contributed by atoms with Crippen LogP contribution in [-0.2, 0) is 11.2 Å². The van der Waals surface area contributed by atoms with Crippen LogP contribution in [-0.4, -0.2) is 41.7 Å². The lowest BCUT2D eigenvalue weighted by atomic mass is 10.1. The van der Waals surface area contributed by atoms with Gasteiger partial charge in [0.2, 0.25) is 5.88 Å². The summed E-state index contributed by atoms with van der Waals surface area (Å²) in [5.74, 6) is -0.511. The van der Waals surface area contributed by atoms with Gasteiger partial charge in [0, 0.05) is 29.9 Å². The summed E-state index contributed by atoms with van der Waals surface area (Å²) in [6, 6.07) is 9.87. The van der Waals surface area contributed by atoms with Crippen molar-refractivity contribution >= 4 is 28.4 Å². The largest absolute Gasteiger partial charge is 0.492 e. The van der Waals surface area contributed by atoms with Crippen molar-refractivity contribution in [2.75, 3.05) is 26.1 Å². The molecule has 0 unspecified atom stereocenters. The van der Waals surface area contributed by atoms with E-state index in [1.165, 1.54) is 20.3 Å². The van der Waals surface area contributed by atoms with Crippen LogP contribution in [0.1, 0.15) is 16.1 Å². The molecular weight excluding hydrogens is 415 g/mol. The molecule has 2 N–H and O–H groups in total. The molecule has 1 aliphatic rings. The highest BCUT2D eigenvalue weighted by Gasteiger charge is 2.30. The highest BCUT2D eigenvalue weighted by Crippen LogP contribution is 2.41. The minimum absolute atomic E-state index is 0.0388. The first-order chi connectivity index (χ1) is 15.6. The Morgan fingerprint density at radius 1 is 1.16 bits per heavy atom. The van der Waals surface area contributed by atoms with E-state index in [1.807, 2.05) is 6.07 Å². The molecule has 5 rings (SSSR count). The molecule has 1 aromatic carbocycles. The SMILES string of the molecule is COc1ccc2nccc(-c3[nH]c4c(c3Nc3cccc(F)c3OC)C(=O)OCC4)c2n1. The number of benzene rings is 1. The fourth-order valence-corrected chi connectivity index (χ4v) is 3.88. The predicted molar refractivity (Wildman–Crippen MR) is 116 cm³/mol. The Bertz CT molecular complexity index is 1350. The van der Waals surface area contributed by atoms with Gasteiger partial charge in [-0.2, -0.15) is 0 Å². The zero-order chi connectivity index (χ0) is 22.2. The number of esters is 1. The van der Waals surface area contributed by atoms with E-state index in [0.29, 0.717) is 51.5 Å². The third-order valence-corrected chi connectivity index (χ3v) is 5.33. The minimum Gasteiger partial charge on any atom is -0.492 e. The van der Waals surface area contributed by atoms with Crippen LogP contribution in [0, 0.1) is 5.82 Å². The molecule has 4 aromatic rings. The number of aromatic amines is 1. The van der Waals surface area contributed by atoms with Crippen molar-refractivity contribution < 1.29 is 23.4 Å². The molecule has 4 heterocycles. The first-order valence-corrected chi connectivity index (χ1v) is 9.92. The third-order valence-electron chi connectivity index (χ3n) is 5.33. The van der Waals surface area contributed by atoms with Gasteiger partial charge in [-0.1, -0.05) is 6.07 Å². The molecule has 0 fully saturated rings. The maximum absolute atomic E-state index is 14.3. The number of cyclic esters (lactones) is 1. The van der Waals surface area contributed by atoms with Crippen LogP contribution in [0.4, 0.5) is 15.8 Å². The molecular formula is C23H19FN4O4. The molecule has 0 aliphatic carbocycles. The van der Waals surface area contributed by atoms with E-state index in [0.717, 1.165) is 5.69 Å². The number of H-pyrrole nitrogens is 1. The molecule has 0 saturated heterocycles. The molecule has 0 spiro atoms. The first kappa shape index (κ1) is 19.8. The number of pyridine rings is 2. The molecule has 162 valence electrons. The number of halogens is 1. The van der Waals surface area contributed by atoms with Gasteiger partial charge in [0.1, 0.15) is 11.1 Å². The summed E-state index contributed by atoms with van der Waals surface area (Å²) in [5.41, 5.74) is 4.47. The second kappa shape index (κ2) is 7.84. The smallest absolute Gasteiger partial charge is 0.342 e. The van der Waals surface area contributed by atoms with Crippen molar-refractivity contribution in [1.82, 2.24) is 15.0 Å². The predicted octanol–water partition coefficient (Wildman–Crippen LogP) is 4.24. The van der Waals surface area contributed by atoms with Gasteiger partial charge >= 0.3 is 5.97 Å². The number of fused-ring (bicyclic) bond motifs is 2.